The van der Waals surface area contributed by atoms with E-state index in [0.29, 0.717) is 16.9 Å². The summed E-state index contributed by atoms with van der Waals surface area (Å²) in [4.78, 5) is 15.5. The largest absolute Gasteiger partial charge is 0.465 e. The molecular weight excluding hydrogens is 182 g/mol. The van der Waals surface area contributed by atoms with Gasteiger partial charge in [-0.3, -0.25) is 0 Å². The van der Waals surface area contributed by atoms with Gasteiger partial charge < -0.3 is 4.74 Å². The van der Waals surface area contributed by atoms with Gasteiger partial charge >= 0.3 is 5.97 Å². The summed E-state index contributed by atoms with van der Waals surface area (Å²) >= 11 is 0. The van der Waals surface area contributed by atoms with Gasteiger partial charge in [0.25, 0.3) is 0 Å². The number of aromatic nitrogens is 3. The fraction of sp³-hybridized carbons (Fsp3) is 0.222. The van der Waals surface area contributed by atoms with Gasteiger partial charge in [-0.05, 0) is 13.0 Å². The first-order valence-electron chi connectivity index (χ1n) is 4.12. The highest BCUT2D eigenvalue weighted by atomic mass is 16.5. The molecule has 5 nitrogen and oxygen atoms in total. The molecule has 0 aliphatic heterocycles. The van der Waals surface area contributed by atoms with Gasteiger partial charge in [0.15, 0.2) is 5.65 Å². The smallest absolute Gasteiger partial charge is 0.343 e. The van der Waals surface area contributed by atoms with Crippen LogP contribution in [0.25, 0.3) is 5.65 Å². The fourth-order valence-electron chi connectivity index (χ4n) is 1.34. The van der Waals surface area contributed by atoms with E-state index in [-0.39, 0.29) is 0 Å². The monoisotopic (exact) mass is 191 g/mol. The van der Waals surface area contributed by atoms with E-state index in [9.17, 15) is 4.79 Å². The van der Waals surface area contributed by atoms with Gasteiger partial charge in [-0.2, -0.15) is 5.10 Å². The Morgan fingerprint density at radius 3 is 3.07 bits per heavy atom. The lowest BCUT2D eigenvalue weighted by Crippen LogP contribution is -2.03. The van der Waals surface area contributed by atoms with Gasteiger partial charge in [-0.1, -0.05) is 0 Å². The molecule has 0 atom stereocenters. The van der Waals surface area contributed by atoms with E-state index in [1.165, 1.54) is 7.11 Å². The van der Waals surface area contributed by atoms with Crippen molar-refractivity contribution in [2.45, 2.75) is 6.92 Å². The van der Waals surface area contributed by atoms with E-state index in [0.717, 1.165) is 0 Å². The summed E-state index contributed by atoms with van der Waals surface area (Å²) in [6.45, 7) is 1.75. The van der Waals surface area contributed by atoms with Crippen LogP contribution in [0.4, 0.5) is 0 Å². The summed E-state index contributed by atoms with van der Waals surface area (Å²) in [5, 5.41) is 4.14. The fourth-order valence-corrected chi connectivity index (χ4v) is 1.34. The van der Waals surface area contributed by atoms with Crippen LogP contribution in [0.5, 0.6) is 0 Å². The van der Waals surface area contributed by atoms with E-state index in [2.05, 4.69) is 14.8 Å². The Kier molecular flexibility index (Phi) is 1.92. The molecule has 0 saturated carbocycles. The van der Waals surface area contributed by atoms with Crippen LogP contribution in [-0.4, -0.2) is 27.7 Å². The van der Waals surface area contributed by atoms with Gasteiger partial charge in [-0.15, -0.1) is 0 Å². The van der Waals surface area contributed by atoms with Crippen LogP contribution >= 0.6 is 0 Å². The normalized spacial score (nSPS) is 10.4. The first kappa shape index (κ1) is 8.68. The minimum absolute atomic E-state index is 0.406. The Labute approximate surface area is 80.3 Å². The molecule has 0 aromatic carbocycles. The van der Waals surface area contributed by atoms with Gasteiger partial charge in [-0.25, -0.2) is 14.3 Å². The number of fused-ring (bicyclic) bond motifs is 1. The highest BCUT2D eigenvalue weighted by molar-refractivity contribution is 5.96. The molecule has 0 saturated heterocycles. The predicted octanol–water partition coefficient (Wildman–Crippen LogP) is 0.824. The van der Waals surface area contributed by atoms with Crippen LogP contribution in [0.3, 0.4) is 0 Å². The number of carbonyl (C=O) groups excluding carboxylic acids is 1. The lowest BCUT2D eigenvalue weighted by molar-refractivity contribution is 0.0602. The molecule has 0 spiro atoms. The van der Waals surface area contributed by atoms with E-state index in [1.807, 2.05) is 0 Å². The van der Waals surface area contributed by atoms with Crippen molar-refractivity contribution in [3.8, 4) is 0 Å². The van der Waals surface area contributed by atoms with Crippen LogP contribution < -0.4 is 0 Å². The minimum Gasteiger partial charge on any atom is -0.465 e. The predicted molar refractivity (Wildman–Crippen MR) is 49.1 cm³/mol. The molecule has 2 aromatic rings. The molecule has 14 heavy (non-hydrogen) atoms. The van der Waals surface area contributed by atoms with E-state index in [1.54, 1.807) is 29.9 Å². The third-order valence-electron chi connectivity index (χ3n) is 1.96. The zero-order chi connectivity index (χ0) is 10.1. The molecule has 0 aliphatic rings. The molecule has 72 valence electrons. The molecule has 5 heteroatoms. The molecule has 0 N–H and O–H groups in total. The molecule has 0 aliphatic carbocycles. The summed E-state index contributed by atoms with van der Waals surface area (Å²) < 4.78 is 6.21. The lowest BCUT2D eigenvalue weighted by atomic mass is 10.2. The van der Waals surface area contributed by atoms with Crippen molar-refractivity contribution in [1.82, 2.24) is 14.6 Å². The van der Waals surface area contributed by atoms with Crippen LogP contribution in [-0.2, 0) is 4.74 Å². The van der Waals surface area contributed by atoms with Crippen LogP contribution in [0.1, 0.15) is 16.1 Å². The Morgan fingerprint density at radius 1 is 1.57 bits per heavy atom. The zero-order valence-corrected chi connectivity index (χ0v) is 7.89. The van der Waals surface area contributed by atoms with Gasteiger partial charge in [0, 0.05) is 12.4 Å². The number of ether oxygens (including phenoxy) is 1. The molecule has 0 amide bonds. The number of methoxy groups -OCH3 is 1. The zero-order valence-electron chi connectivity index (χ0n) is 7.89. The molecular formula is C9H9N3O2. The molecule has 0 fully saturated rings. The Bertz CT molecular complexity index is 490. The second kappa shape index (κ2) is 3.10. The maximum Gasteiger partial charge on any atom is 0.343 e. The van der Waals surface area contributed by atoms with Gasteiger partial charge in [0.1, 0.15) is 5.56 Å². The van der Waals surface area contributed by atoms with Crippen LogP contribution in [0, 0.1) is 6.92 Å². The first-order valence-corrected chi connectivity index (χ1v) is 4.12. The van der Waals surface area contributed by atoms with Gasteiger partial charge in [0.05, 0.1) is 12.8 Å². The highest BCUT2D eigenvalue weighted by Crippen LogP contribution is 2.13. The minimum atomic E-state index is -0.406. The second-order valence-corrected chi connectivity index (χ2v) is 2.84. The number of nitrogens with zero attached hydrogens (tertiary/aromatic N) is 3. The van der Waals surface area contributed by atoms with Crippen LogP contribution in [0.15, 0.2) is 18.5 Å². The van der Waals surface area contributed by atoms with Crippen molar-refractivity contribution >= 4 is 11.6 Å². The number of esters is 1. The van der Waals surface area contributed by atoms with Gasteiger partial charge in [0.2, 0.25) is 0 Å². The summed E-state index contributed by atoms with van der Waals surface area (Å²) in [5.74, 6) is -0.406. The van der Waals surface area contributed by atoms with Crippen molar-refractivity contribution in [2.75, 3.05) is 7.11 Å². The maximum absolute atomic E-state index is 11.4. The Morgan fingerprint density at radius 2 is 2.36 bits per heavy atom. The molecule has 0 radical (unpaired) electrons. The highest BCUT2D eigenvalue weighted by Gasteiger charge is 2.17. The third kappa shape index (κ3) is 1.14. The summed E-state index contributed by atoms with van der Waals surface area (Å²) in [6, 6.07) is 1.75. The molecule has 2 rings (SSSR count). The van der Waals surface area contributed by atoms with Crippen molar-refractivity contribution < 1.29 is 9.53 Å². The van der Waals surface area contributed by atoms with E-state index in [4.69, 9.17) is 0 Å². The lowest BCUT2D eigenvalue weighted by Gasteiger charge is -1.95. The Balaban J connectivity index is 2.74. The summed E-state index contributed by atoms with van der Waals surface area (Å²) in [7, 11) is 1.34. The second-order valence-electron chi connectivity index (χ2n) is 2.84. The Hall–Kier alpha value is -1.91. The first-order chi connectivity index (χ1) is 6.74. The summed E-state index contributed by atoms with van der Waals surface area (Å²) in [5.41, 5.74) is 1.57. The van der Waals surface area contributed by atoms with Crippen molar-refractivity contribution in [2.24, 2.45) is 0 Å². The topological polar surface area (TPSA) is 56.5 Å². The van der Waals surface area contributed by atoms with Crippen molar-refractivity contribution in [3.63, 3.8) is 0 Å². The number of hydrogen-bond donors (Lipinski definition) is 0. The maximum atomic E-state index is 11.4. The number of carbonyl (C=O) groups is 1. The SMILES string of the molecule is COC(=O)c1c(C)nn2cccnc12. The third-order valence-corrected chi connectivity index (χ3v) is 1.96. The van der Waals surface area contributed by atoms with E-state index >= 15 is 0 Å². The van der Waals surface area contributed by atoms with Crippen molar-refractivity contribution in [3.05, 3.63) is 29.7 Å². The number of rotatable bonds is 1. The average Bonchev–Trinajstić information content (AvgIpc) is 2.53. The number of hydrogen-bond acceptors (Lipinski definition) is 4. The standard InChI is InChI=1S/C9H9N3O2/c1-6-7(9(13)14-2)8-10-4-3-5-12(8)11-6/h3-5H,1-2H3. The molecule has 0 bridgehead atoms. The van der Waals surface area contributed by atoms with E-state index < -0.39 is 5.97 Å². The quantitative estimate of drug-likeness (QED) is 0.626. The van der Waals surface area contributed by atoms with Crippen LogP contribution in [0.2, 0.25) is 0 Å². The van der Waals surface area contributed by atoms with Crippen molar-refractivity contribution in [1.29, 1.82) is 0 Å². The number of aryl methyl sites for hydroxylation is 1. The molecule has 2 heterocycles. The summed E-state index contributed by atoms with van der Waals surface area (Å²) in [6.07, 6.45) is 3.35. The average molecular weight is 191 g/mol. The molecule has 2 aromatic heterocycles. The molecule has 0 unspecified atom stereocenters.